The number of carboxylic acids is 1. The van der Waals surface area contributed by atoms with Gasteiger partial charge in [-0.2, -0.15) is 0 Å². The molecule has 0 aliphatic carbocycles. The summed E-state index contributed by atoms with van der Waals surface area (Å²) in [4.78, 5) is 11.1. The lowest BCUT2D eigenvalue weighted by Gasteiger charge is -2.39. The van der Waals surface area contributed by atoms with E-state index in [2.05, 4.69) is 5.32 Å². The van der Waals surface area contributed by atoms with E-state index in [-0.39, 0.29) is 0 Å². The van der Waals surface area contributed by atoms with Gasteiger partial charge in [0.25, 0.3) is 0 Å². The van der Waals surface area contributed by atoms with E-state index in [9.17, 15) is 4.79 Å². The predicted octanol–water partition coefficient (Wildman–Crippen LogP) is 1.89. The Labute approximate surface area is 98.4 Å². The van der Waals surface area contributed by atoms with E-state index in [1.807, 2.05) is 20.8 Å². The molecule has 0 rings (SSSR count). The summed E-state index contributed by atoms with van der Waals surface area (Å²) in [6, 6.07) is 0. The highest BCUT2D eigenvalue weighted by atomic mass is 16.5. The average Bonchev–Trinajstić information content (AvgIpc) is 2.16. The van der Waals surface area contributed by atoms with E-state index in [1.165, 1.54) is 0 Å². The molecule has 16 heavy (non-hydrogen) atoms. The van der Waals surface area contributed by atoms with Gasteiger partial charge in [0.15, 0.2) is 0 Å². The largest absolute Gasteiger partial charge is 0.481 e. The van der Waals surface area contributed by atoms with Gasteiger partial charge >= 0.3 is 5.97 Å². The Morgan fingerprint density at radius 3 is 2.31 bits per heavy atom. The van der Waals surface area contributed by atoms with Gasteiger partial charge in [-0.3, -0.25) is 4.79 Å². The Bertz CT molecular complexity index is 224. The van der Waals surface area contributed by atoms with Crippen LogP contribution in [0.3, 0.4) is 0 Å². The second-order valence-corrected chi connectivity index (χ2v) is 5.03. The Kier molecular flexibility index (Phi) is 5.97. The molecular formula is C12H25NO3. The van der Waals surface area contributed by atoms with Crippen molar-refractivity contribution in [1.82, 2.24) is 5.32 Å². The fourth-order valence-electron chi connectivity index (χ4n) is 1.21. The van der Waals surface area contributed by atoms with E-state index < -0.39 is 16.9 Å². The first-order valence-corrected chi connectivity index (χ1v) is 5.82. The number of carbonyl (C=O) groups is 1. The summed E-state index contributed by atoms with van der Waals surface area (Å²) in [5.74, 6) is -0.783. The van der Waals surface area contributed by atoms with Crippen molar-refractivity contribution in [2.45, 2.75) is 46.6 Å². The summed E-state index contributed by atoms with van der Waals surface area (Å²) in [6.45, 7) is 11.5. The minimum atomic E-state index is -0.793. The van der Waals surface area contributed by atoms with Crippen LogP contribution in [0.1, 0.15) is 41.0 Å². The van der Waals surface area contributed by atoms with E-state index in [0.717, 1.165) is 19.6 Å². The van der Waals surface area contributed by atoms with Crippen molar-refractivity contribution in [3.63, 3.8) is 0 Å². The SMILES string of the molecule is CCOCCCNC(C)(C)C(C)(C)C(=O)O. The highest BCUT2D eigenvalue weighted by Gasteiger charge is 2.42. The zero-order valence-corrected chi connectivity index (χ0v) is 11.1. The minimum Gasteiger partial charge on any atom is -0.481 e. The quantitative estimate of drug-likeness (QED) is 0.626. The molecule has 0 amide bonds. The highest BCUT2D eigenvalue weighted by Crippen LogP contribution is 2.30. The molecule has 0 atom stereocenters. The molecule has 4 nitrogen and oxygen atoms in total. The summed E-state index contributed by atoms with van der Waals surface area (Å²) in [5.41, 5.74) is -1.23. The van der Waals surface area contributed by atoms with Gasteiger partial charge in [-0.15, -0.1) is 0 Å². The summed E-state index contributed by atoms with van der Waals surface area (Å²) in [5, 5.41) is 12.4. The van der Waals surface area contributed by atoms with Crippen LogP contribution < -0.4 is 5.32 Å². The number of aliphatic carboxylic acids is 1. The van der Waals surface area contributed by atoms with Crippen LogP contribution in [0.2, 0.25) is 0 Å². The lowest BCUT2D eigenvalue weighted by atomic mass is 9.74. The fourth-order valence-corrected chi connectivity index (χ4v) is 1.21. The fraction of sp³-hybridized carbons (Fsp3) is 0.917. The highest BCUT2D eigenvalue weighted by molar-refractivity contribution is 5.75. The molecule has 0 radical (unpaired) electrons. The lowest BCUT2D eigenvalue weighted by Crippen LogP contribution is -2.55. The maximum absolute atomic E-state index is 11.1. The van der Waals surface area contributed by atoms with E-state index in [0.29, 0.717) is 6.61 Å². The molecule has 0 saturated heterocycles. The van der Waals surface area contributed by atoms with Crippen LogP contribution in [-0.4, -0.2) is 36.4 Å². The van der Waals surface area contributed by atoms with Gasteiger partial charge in [0.05, 0.1) is 5.41 Å². The van der Waals surface area contributed by atoms with Crippen LogP contribution in [0.25, 0.3) is 0 Å². The first-order chi connectivity index (χ1) is 7.25. The van der Waals surface area contributed by atoms with Crippen molar-refractivity contribution in [2.24, 2.45) is 5.41 Å². The number of rotatable bonds is 8. The molecule has 0 unspecified atom stereocenters. The van der Waals surface area contributed by atoms with E-state index in [1.54, 1.807) is 13.8 Å². The van der Waals surface area contributed by atoms with Gasteiger partial charge in [-0.05, 0) is 47.6 Å². The van der Waals surface area contributed by atoms with Crippen molar-refractivity contribution in [2.75, 3.05) is 19.8 Å². The van der Waals surface area contributed by atoms with Gasteiger partial charge < -0.3 is 15.2 Å². The van der Waals surface area contributed by atoms with Crippen LogP contribution in [0.4, 0.5) is 0 Å². The Morgan fingerprint density at radius 2 is 1.88 bits per heavy atom. The Hall–Kier alpha value is -0.610. The molecule has 0 saturated carbocycles. The summed E-state index contributed by atoms with van der Waals surface area (Å²) >= 11 is 0. The lowest BCUT2D eigenvalue weighted by molar-refractivity contribution is -0.151. The van der Waals surface area contributed by atoms with Gasteiger partial charge in [0.2, 0.25) is 0 Å². The molecule has 0 bridgehead atoms. The maximum atomic E-state index is 11.1. The molecule has 0 fully saturated rings. The zero-order valence-electron chi connectivity index (χ0n) is 11.1. The minimum absolute atomic E-state index is 0.439. The van der Waals surface area contributed by atoms with Gasteiger partial charge in [-0.1, -0.05) is 0 Å². The normalized spacial score (nSPS) is 12.8. The molecule has 0 aromatic carbocycles. The number of carboxylic acid groups (broad SMARTS) is 1. The number of nitrogens with one attached hydrogen (secondary N) is 1. The second-order valence-electron chi connectivity index (χ2n) is 5.03. The average molecular weight is 231 g/mol. The molecule has 96 valence electrons. The predicted molar refractivity (Wildman–Crippen MR) is 64.6 cm³/mol. The molecule has 0 heterocycles. The number of ether oxygens (including phenoxy) is 1. The molecular weight excluding hydrogens is 206 g/mol. The second kappa shape index (κ2) is 6.21. The van der Waals surface area contributed by atoms with Crippen molar-refractivity contribution in [3.8, 4) is 0 Å². The maximum Gasteiger partial charge on any atom is 0.310 e. The first-order valence-electron chi connectivity index (χ1n) is 5.82. The first kappa shape index (κ1) is 15.4. The van der Waals surface area contributed by atoms with Crippen LogP contribution >= 0.6 is 0 Å². The van der Waals surface area contributed by atoms with Gasteiger partial charge in [0, 0.05) is 18.8 Å². The van der Waals surface area contributed by atoms with Crippen molar-refractivity contribution >= 4 is 5.97 Å². The van der Waals surface area contributed by atoms with Crippen LogP contribution in [0.5, 0.6) is 0 Å². The zero-order chi connectivity index (χ0) is 12.8. The number of hydrogen-bond acceptors (Lipinski definition) is 3. The Morgan fingerprint density at radius 1 is 1.31 bits per heavy atom. The molecule has 4 heteroatoms. The molecule has 0 aromatic heterocycles. The third-order valence-electron chi connectivity index (χ3n) is 3.33. The van der Waals surface area contributed by atoms with E-state index in [4.69, 9.17) is 9.84 Å². The van der Waals surface area contributed by atoms with Crippen LogP contribution in [0.15, 0.2) is 0 Å². The summed E-state index contributed by atoms with van der Waals surface area (Å²) in [6.07, 6.45) is 0.896. The molecule has 0 aliphatic heterocycles. The Balaban J connectivity index is 4.09. The summed E-state index contributed by atoms with van der Waals surface area (Å²) < 4.78 is 5.22. The molecule has 0 aromatic rings. The molecule has 2 N–H and O–H groups in total. The van der Waals surface area contributed by atoms with E-state index >= 15 is 0 Å². The molecule has 0 aliphatic rings. The van der Waals surface area contributed by atoms with Gasteiger partial charge in [0.1, 0.15) is 0 Å². The van der Waals surface area contributed by atoms with Crippen molar-refractivity contribution in [3.05, 3.63) is 0 Å². The number of hydrogen-bond donors (Lipinski definition) is 2. The molecule has 0 spiro atoms. The monoisotopic (exact) mass is 231 g/mol. The summed E-state index contributed by atoms with van der Waals surface area (Å²) in [7, 11) is 0. The van der Waals surface area contributed by atoms with Crippen molar-refractivity contribution < 1.29 is 14.6 Å². The third-order valence-corrected chi connectivity index (χ3v) is 3.33. The van der Waals surface area contributed by atoms with Crippen LogP contribution in [-0.2, 0) is 9.53 Å². The smallest absolute Gasteiger partial charge is 0.310 e. The van der Waals surface area contributed by atoms with Crippen molar-refractivity contribution in [1.29, 1.82) is 0 Å². The topological polar surface area (TPSA) is 58.6 Å². The van der Waals surface area contributed by atoms with Crippen LogP contribution in [0, 0.1) is 5.41 Å². The standard InChI is InChI=1S/C12H25NO3/c1-6-16-9-7-8-13-12(4,5)11(2,3)10(14)15/h13H,6-9H2,1-5H3,(H,14,15). The third kappa shape index (κ3) is 4.10. The van der Waals surface area contributed by atoms with Gasteiger partial charge in [-0.25, -0.2) is 0 Å².